The molecule has 1 rings (SSSR count). The number of hydrogen-bond donors (Lipinski definition) is 2. The molecule has 0 spiro atoms. The molecule has 1 heterocycles. The Kier molecular flexibility index (Phi) is 2.18. The molecule has 0 unspecified atom stereocenters. The van der Waals surface area contributed by atoms with Gasteiger partial charge in [0.2, 0.25) is 0 Å². The molecule has 0 atom stereocenters. The Morgan fingerprint density at radius 3 is 1.77 bits per heavy atom. The maximum atomic E-state index is 12.6. The quantitative estimate of drug-likeness (QED) is 0.301. The van der Waals surface area contributed by atoms with Crippen LogP contribution in [0.25, 0.3) is 0 Å². The maximum Gasteiger partial charge on any atom is 0.252 e. The van der Waals surface area contributed by atoms with E-state index >= 15 is 0 Å². The van der Waals surface area contributed by atoms with Crippen molar-refractivity contribution >= 4 is 5.84 Å². The van der Waals surface area contributed by atoms with Crippen molar-refractivity contribution in [1.29, 1.82) is 5.41 Å². The summed E-state index contributed by atoms with van der Waals surface area (Å²) in [7, 11) is 0. The van der Waals surface area contributed by atoms with E-state index in [1.165, 1.54) is 0 Å². The first-order valence-corrected chi connectivity index (χ1v) is 2.99. The Labute approximate surface area is 69.7 Å². The second-order valence-corrected chi connectivity index (χ2v) is 2.11. The molecule has 3 N–H and O–H groups in total. The van der Waals surface area contributed by atoms with E-state index in [4.69, 9.17) is 11.1 Å². The summed E-state index contributed by atoms with van der Waals surface area (Å²) >= 11 is 0. The van der Waals surface area contributed by atoms with Crippen LogP contribution in [0.15, 0.2) is 0 Å². The van der Waals surface area contributed by atoms with Gasteiger partial charge in [0, 0.05) is 0 Å². The van der Waals surface area contributed by atoms with Crippen LogP contribution in [0, 0.1) is 28.9 Å². The maximum absolute atomic E-state index is 12.6. The van der Waals surface area contributed by atoms with Gasteiger partial charge in [-0.25, -0.2) is 8.78 Å². The molecule has 0 amide bonds. The van der Waals surface area contributed by atoms with Crippen molar-refractivity contribution in [2.75, 3.05) is 0 Å². The minimum absolute atomic E-state index is 1.10. The molecule has 1 aromatic rings. The number of hydrogen-bond acceptors (Lipinski definition) is 2. The van der Waals surface area contributed by atoms with Gasteiger partial charge in [-0.15, -0.1) is 0 Å². The van der Waals surface area contributed by atoms with Crippen LogP contribution in [0.1, 0.15) is 5.56 Å². The minimum atomic E-state index is -1.83. The molecule has 0 bridgehead atoms. The third-order valence-corrected chi connectivity index (χ3v) is 1.27. The molecular weight excluding hydrogens is 190 g/mol. The van der Waals surface area contributed by atoms with Gasteiger partial charge in [0.25, 0.3) is 11.9 Å². The first kappa shape index (κ1) is 9.43. The van der Waals surface area contributed by atoms with Crippen LogP contribution in [-0.4, -0.2) is 10.8 Å². The van der Waals surface area contributed by atoms with E-state index in [2.05, 4.69) is 4.98 Å². The molecule has 0 saturated carbocycles. The zero-order valence-corrected chi connectivity index (χ0v) is 6.04. The molecule has 70 valence electrons. The molecule has 0 aliphatic heterocycles. The number of pyridine rings is 1. The van der Waals surface area contributed by atoms with Crippen molar-refractivity contribution in [3.05, 3.63) is 29.1 Å². The first-order chi connectivity index (χ1) is 5.95. The molecule has 0 fully saturated rings. The second kappa shape index (κ2) is 3.00. The molecule has 0 radical (unpaired) electrons. The Hall–Kier alpha value is -1.66. The van der Waals surface area contributed by atoms with Gasteiger partial charge in [-0.2, -0.15) is 13.8 Å². The molecule has 3 nitrogen and oxygen atoms in total. The number of halogens is 4. The normalized spacial score (nSPS) is 10.2. The van der Waals surface area contributed by atoms with Crippen LogP contribution in [0.5, 0.6) is 0 Å². The lowest BCUT2D eigenvalue weighted by atomic mass is 10.2. The van der Waals surface area contributed by atoms with E-state index < -0.39 is 34.9 Å². The summed E-state index contributed by atoms with van der Waals surface area (Å²) in [5.41, 5.74) is 3.45. The lowest BCUT2D eigenvalue weighted by molar-refractivity contribution is 0.404. The highest BCUT2D eigenvalue weighted by molar-refractivity contribution is 5.95. The molecular formula is C6H3F4N3. The average Bonchev–Trinajstić information content (AvgIpc) is 2.01. The molecule has 13 heavy (non-hydrogen) atoms. The zero-order valence-electron chi connectivity index (χ0n) is 6.04. The van der Waals surface area contributed by atoms with Crippen LogP contribution in [-0.2, 0) is 0 Å². The number of aromatic nitrogens is 1. The predicted octanol–water partition coefficient (Wildman–Crippen LogP) is 0.922. The monoisotopic (exact) mass is 193 g/mol. The van der Waals surface area contributed by atoms with Gasteiger partial charge in [-0.1, -0.05) is 0 Å². The van der Waals surface area contributed by atoms with Crippen LogP contribution in [0.3, 0.4) is 0 Å². The topological polar surface area (TPSA) is 62.8 Å². The Morgan fingerprint density at radius 2 is 1.46 bits per heavy atom. The average molecular weight is 193 g/mol. The van der Waals surface area contributed by atoms with Gasteiger partial charge < -0.3 is 5.73 Å². The van der Waals surface area contributed by atoms with Gasteiger partial charge in [-0.3, -0.25) is 5.41 Å². The van der Waals surface area contributed by atoms with Crippen molar-refractivity contribution in [2.24, 2.45) is 5.73 Å². The highest BCUT2D eigenvalue weighted by atomic mass is 19.2. The summed E-state index contributed by atoms with van der Waals surface area (Å²) in [6, 6.07) is 0. The minimum Gasteiger partial charge on any atom is -0.383 e. The van der Waals surface area contributed by atoms with Crippen LogP contribution >= 0.6 is 0 Å². The summed E-state index contributed by atoms with van der Waals surface area (Å²) in [4.78, 5) is 2.28. The first-order valence-electron chi connectivity index (χ1n) is 2.99. The van der Waals surface area contributed by atoms with E-state index in [1.807, 2.05) is 0 Å². The molecule has 0 aliphatic carbocycles. The lowest BCUT2D eigenvalue weighted by Crippen LogP contribution is -2.19. The van der Waals surface area contributed by atoms with Gasteiger partial charge in [0.05, 0.1) is 5.56 Å². The number of rotatable bonds is 1. The van der Waals surface area contributed by atoms with Crippen molar-refractivity contribution in [1.82, 2.24) is 4.98 Å². The van der Waals surface area contributed by atoms with Crippen LogP contribution in [0.2, 0.25) is 0 Å². The summed E-state index contributed by atoms with van der Waals surface area (Å²) in [5, 5.41) is 6.65. The fourth-order valence-electron chi connectivity index (χ4n) is 0.723. The summed E-state index contributed by atoms with van der Waals surface area (Å²) < 4.78 is 49.9. The lowest BCUT2D eigenvalue weighted by Gasteiger charge is -2.02. The molecule has 0 aromatic carbocycles. The second-order valence-electron chi connectivity index (χ2n) is 2.11. The van der Waals surface area contributed by atoms with Gasteiger partial charge >= 0.3 is 0 Å². The largest absolute Gasteiger partial charge is 0.383 e. The SMILES string of the molecule is N=C(N)c1c(F)c(F)nc(F)c1F. The van der Waals surface area contributed by atoms with Crippen molar-refractivity contribution in [3.8, 4) is 0 Å². The fourth-order valence-corrected chi connectivity index (χ4v) is 0.723. The predicted molar refractivity (Wildman–Crippen MR) is 35.1 cm³/mol. The summed E-state index contributed by atoms with van der Waals surface area (Å²) in [6.07, 6.45) is 0. The number of amidine groups is 1. The smallest absolute Gasteiger partial charge is 0.252 e. The Morgan fingerprint density at radius 1 is 1.08 bits per heavy atom. The number of nitrogens with one attached hydrogen (secondary N) is 1. The molecule has 0 aliphatic rings. The Bertz CT molecular complexity index is 350. The molecule has 7 heteroatoms. The zero-order chi connectivity index (χ0) is 10.2. The van der Waals surface area contributed by atoms with Gasteiger partial charge in [0.15, 0.2) is 11.6 Å². The van der Waals surface area contributed by atoms with Crippen LogP contribution < -0.4 is 5.73 Å². The van der Waals surface area contributed by atoms with Crippen molar-refractivity contribution < 1.29 is 17.6 Å². The van der Waals surface area contributed by atoms with E-state index in [1.54, 1.807) is 0 Å². The molecule has 0 saturated heterocycles. The highest BCUT2D eigenvalue weighted by Gasteiger charge is 2.22. The summed E-state index contributed by atoms with van der Waals surface area (Å²) in [6.45, 7) is 0. The third-order valence-electron chi connectivity index (χ3n) is 1.27. The number of nitrogen functional groups attached to an aromatic ring is 1. The van der Waals surface area contributed by atoms with E-state index in [0.717, 1.165) is 0 Å². The van der Waals surface area contributed by atoms with Gasteiger partial charge in [0.1, 0.15) is 5.84 Å². The Balaban J connectivity index is 3.56. The highest BCUT2D eigenvalue weighted by Crippen LogP contribution is 2.15. The fraction of sp³-hybridized carbons (Fsp3) is 0. The van der Waals surface area contributed by atoms with Crippen molar-refractivity contribution in [2.45, 2.75) is 0 Å². The van der Waals surface area contributed by atoms with E-state index in [-0.39, 0.29) is 0 Å². The molecule has 1 aromatic heterocycles. The summed E-state index contributed by atoms with van der Waals surface area (Å²) in [5.74, 6) is -8.30. The van der Waals surface area contributed by atoms with Gasteiger partial charge in [-0.05, 0) is 0 Å². The third kappa shape index (κ3) is 1.44. The van der Waals surface area contributed by atoms with Crippen LogP contribution in [0.4, 0.5) is 17.6 Å². The van der Waals surface area contributed by atoms with E-state index in [0.29, 0.717) is 0 Å². The number of nitrogens with two attached hydrogens (primary N) is 1. The standard InChI is InChI=1S/C6H3F4N3/c7-2-1(6(11)12)3(8)5(10)13-4(2)9/h(H3,11,12). The van der Waals surface area contributed by atoms with E-state index in [9.17, 15) is 17.6 Å². The number of nitrogens with zero attached hydrogens (tertiary/aromatic N) is 1. The van der Waals surface area contributed by atoms with Crippen molar-refractivity contribution in [3.63, 3.8) is 0 Å².